The van der Waals surface area contributed by atoms with E-state index in [0.717, 1.165) is 11.5 Å². The fourth-order valence-corrected chi connectivity index (χ4v) is 4.24. The Morgan fingerprint density at radius 2 is 1.58 bits per heavy atom. The predicted octanol–water partition coefficient (Wildman–Crippen LogP) is 4.00. The molecule has 0 atom stereocenters. The second kappa shape index (κ2) is 3.85. The third kappa shape index (κ3) is 1.63. The molecule has 0 spiro atoms. The zero-order valence-electron chi connectivity index (χ0n) is 13.9. The van der Waals surface area contributed by atoms with Gasteiger partial charge in [-0.3, -0.25) is 4.90 Å². The Hall–Kier alpha value is -0.830. The standard InChI is InChI=1S/C16H28N2O/c1-10(2)18-15(6,7)13-12(11(3)19-17-13)14(4,5)16(18,8)9/h10H,1-9H3. The van der Waals surface area contributed by atoms with Gasteiger partial charge in [-0.15, -0.1) is 0 Å². The fourth-order valence-electron chi connectivity index (χ4n) is 4.24. The van der Waals surface area contributed by atoms with Gasteiger partial charge in [0.15, 0.2) is 0 Å². The van der Waals surface area contributed by atoms with E-state index >= 15 is 0 Å². The molecule has 1 aliphatic heterocycles. The van der Waals surface area contributed by atoms with Crippen molar-refractivity contribution in [2.24, 2.45) is 0 Å². The average molecular weight is 264 g/mol. The van der Waals surface area contributed by atoms with E-state index in [2.05, 4.69) is 65.4 Å². The quantitative estimate of drug-likeness (QED) is 0.768. The normalized spacial score (nSPS) is 24.5. The van der Waals surface area contributed by atoms with Gasteiger partial charge in [0, 0.05) is 22.6 Å². The number of hydrogen-bond acceptors (Lipinski definition) is 3. The molecule has 19 heavy (non-hydrogen) atoms. The van der Waals surface area contributed by atoms with Crippen LogP contribution in [0.2, 0.25) is 0 Å². The molecule has 0 aromatic carbocycles. The van der Waals surface area contributed by atoms with Crippen molar-refractivity contribution in [1.29, 1.82) is 0 Å². The van der Waals surface area contributed by atoms with Crippen LogP contribution in [0, 0.1) is 6.92 Å². The molecule has 108 valence electrons. The monoisotopic (exact) mass is 264 g/mol. The van der Waals surface area contributed by atoms with Crippen LogP contribution in [0.3, 0.4) is 0 Å². The summed E-state index contributed by atoms with van der Waals surface area (Å²) in [5, 5.41) is 4.39. The maximum Gasteiger partial charge on any atom is 0.137 e. The molecule has 2 rings (SSSR count). The second-order valence-electron chi connectivity index (χ2n) is 7.67. The molecule has 0 saturated heterocycles. The summed E-state index contributed by atoms with van der Waals surface area (Å²) >= 11 is 0. The maximum absolute atomic E-state index is 5.53. The van der Waals surface area contributed by atoms with Crippen molar-refractivity contribution < 1.29 is 4.52 Å². The van der Waals surface area contributed by atoms with E-state index in [9.17, 15) is 0 Å². The number of fused-ring (bicyclic) bond motifs is 1. The van der Waals surface area contributed by atoms with Crippen LogP contribution in [0.1, 0.15) is 72.4 Å². The van der Waals surface area contributed by atoms with E-state index in [1.54, 1.807) is 0 Å². The number of rotatable bonds is 1. The summed E-state index contributed by atoms with van der Waals surface area (Å²) in [6.07, 6.45) is 0. The van der Waals surface area contributed by atoms with Gasteiger partial charge in [0.2, 0.25) is 0 Å². The summed E-state index contributed by atoms with van der Waals surface area (Å²) in [6.45, 7) is 20.4. The van der Waals surface area contributed by atoms with Crippen molar-refractivity contribution >= 4 is 0 Å². The lowest BCUT2D eigenvalue weighted by molar-refractivity contribution is -0.0715. The van der Waals surface area contributed by atoms with Crippen LogP contribution in [0.5, 0.6) is 0 Å². The van der Waals surface area contributed by atoms with Crippen LogP contribution in [0.15, 0.2) is 4.52 Å². The molecule has 0 unspecified atom stereocenters. The molecule has 0 bridgehead atoms. The van der Waals surface area contributed by atoms with Crippen molar-refractivity contribution in [2.75, 3.05) is 0 Å². The first kappa shape index (κ1) is 14.6. The highest BCUT2D eigenvalue weighted by Gasteiger charge is 2.57. The minimum Gasteiger partial charge on any atom is -0.361 e. The molecule has 3 heteroatoms. The summed E-state index contributed by atoms with van der Waals surface area (Å²) < 4.78 is 5.53. The second-order valence-corrected chi connectivity index (χ2v) is 7.67. The zero-order valence-corrected chi connectivity index (χ0v) is 13.9. The molecule has 0 N–H and O–H groups in total. The number of nitrogens with zero attached hydrogens (tertiary/aromatic N) is 2. The van der Waals surface area contributed by atoms with Crippen molar-refractivity contribution in [3.8, 4) is 0 Å². The molecule has 1 aliphatic rings. The minimum absolute atomic E-state index is 0.00616. The SMILES string of the molecule is Cc1onc2c1C(C)(C)C(C)(C)N(C(C)C)C2(C)C. The van der Waals surface area contributed by atoms with Crippen LogP contribution in [0.25, 0.3) is 0 Å². The molecule has 3 nitrogen and oxygen atoms in total. The number of hydrogen-bond donors (Lipinski definition) is 0. The van der Waals surface area contributed by atoms with Crippen LogP contribution < -0.4 is 0 Å². The molecular formula is C16H28N2O. The third-order valence-electron chi connectivity index (χ3n) is 5.32. The van der Waals surface area contributed by atoms with E-state index in [4.69, 9.17) is 4.52 Å². The van der Waals surface area contributed by atoms with Crippen molar-refractivity contribution in [2.45, 2.75) is 84.8 Å². The van der Waals surface area contributed by atoms with Gasteiger partial charge in [0.25, 0.3) is 0 Å². The largest absolute Gasteiger partial charge is 0.361 e. The molecule has 1 aromatic heterocycles. The summed E-state index contributed by atoms with van der Waals surface area (Å²) in [5.41, 5.74) is 2.32. The Balaban J connectivity index is 2.80. The summed E-state index contributed by atoms with van der Waals surface area (Å²) in [4.78, 5) is 2.57. The molecule has 0 radical (unpaired) electrons. The predicted molar refractivity (Wildman–Crippen MR) is 78.3 cm³/mol. The lowest BCUT2D eigenvalue weighted by atomic mass is 9.61. The van der Waals surface area contributed by atoms with Crippen molar-refractivity contribution in [1.82, 2.24) is 10.1 Å². The van der Waals surface area contributed by atoms with Gasteiger partial charge in [0.1, 0.15) is 11.5 Å². The zero-order chi connectivity index (χ0) is 14.8. The van der Waals surface area contributed by atoms with Gasteiger partial charge < -0.3 is 4.52 Å². The van der Waals surface area contributed by atoms with Gasteiger partial charge in [-0.1, -0.05) is 19.0 Å². The van der Waals surface area contributed by atoms with E-state index in [-0.39, 0.29) is 16.5 Å². The molecule has 1 aromatic rings. The Kier molecular flexibility index (Phi) is 2.95. The molecule has 0 fully saturated rings. The van der Waals surface area contributed by atoms with E-state index in [1.807, 2.05) is 6.92 Å². The number of aromatic nitrogens is 1. The lowest BCUT2D eigenvalue weighted by Gasteiger charge is -2.60. The van der Waals surface area contributed by atoms with Crippen molar-refractivity contribution in [3.63, 3.8) is 0 Å². The third-order valence-corrected chi connectivity index (χ3v) is 5.32. The number of aryl methyl sites for hydroxylation is 1. The molecular weight excluding hydrogens is 236 g/mol. The molecule has 0 aliphatic carbocycles. The first-order valence-corrected chi connectivity index (χ1v) is 7.22. The molecule has 2 heterocycles. The van der Waals surface area contributed by atoms with Crippen molar-refractivity contribution in [3.05, 3.63) is 17.0 Å². The topological polar surface area (TPSA) is 29.3 Å². The smallest absolute Gasteiger partial charge is 0.137 e. The highest BCUT2D eigenvalue weighted by molar-refractivity contribution is 5.42. The minimum atomic E-state index is -0.111. The lowest BCUT2D eigenvalue weighted by Crippen LogP contribution is -2.67. The van der Waals surface area contributed by atoms with Gasteiger partial charge in [0.05, 0.1) is 5.54 Å². The molecule has 0 saturated carbocycles. The van der Waals surface area contributed by atoms with Crippen LogP contribution in [-0.2, 0) is 11.0 Å². The fraction of sp³-hybridized carbons (Fsp3) is 0.812. The van der Waals surface area contributed by atoms with E-state index < -0.39 is 0 Å². The Morgan fingerprint density at radius 1 is 1.05 bits per heavy atom. The highest BCUT2D eigenvalue weighted by atomic mass is 16.5. The summed E-state index contributed by atoms with van der Waals surface area (Å²) in [7, 11) is 0. The highest BCUT2D eigenvalue weighted by Crippen LogP contribution is 2.53. The Labute approximate surface area is 117 Å². The van der Waals surface area contributed by atoms with Crippen LogP contribution in [0.4, 0.5) is 0 Å². The maximum atomic E-state index is 5.53. The van der Waals surface area contributed by atoms with Crippen LogP contribution >= 0.6 is 0 Å². The van der Waals surface area contributed by atoms with Gasteiger partial charge in [-0.05, 0) is 48.5 Å². The van der Waals surface area contributed by atoms with Gasteiger partial charge in [-0.2, -0.15) is 0 Å². The van der Waals surface area contributed by atoms with Gasteiger partial charge >= 0.3 is 0 Å². The Morgan fingerprint density at radius 3 is 2.05 bits per heavy atom. The summed E-state index contributed by atoms with van der Waals surface area (Å²) in [6, 6.07) is 0.453. The van der Waals surface area contributed by atoms with Gasteiger partial charge in [-0.25, -0.2) is 0 Å². The first-order chi connectivity index (χ1) is 8.45. The Bertz CT molecular complexity index is 495. The van der Waals surface area contributed by atoms with E-state index in [1.165, 1.54) is 5.56 Å². The summed E-state index contributed by atoms with van der Waals surface area (Å²) in [5.74, 6) is 0.963. The average Bonchev–Trinajstić information content (AvgIpc) is 2.57. The van der Waals surface area contributed by atoms with E-state index in [0.29, 0.717) is 6.04 Å². The van der Waals surface area contributed by atoms with Crippen LogP contribution in [-0.4, -0.2) is 21.6 Å². The first-order valence-electron chi connectivity index (χ1n) is 7.22. The molecule has 0 amide bonds.